The van der Waals surface area contributed by atoms with Crippen molar-refractivity contribution in [2.24, 2.45) is 0 Å². The molecule has 0 fully saturated rings. The number of ether oxygens (including phenoxy) is 1. The summed E-state index contributed by atoms with van der Waals surface area (Å²) in [5, 5.41) is 3.93. The number of hydrogen-bond acceptors (Lipinski definition) is 6. The van der Waals surface area contributed by atoms with Gasteiger partial charge in [0.2, 0.25) is 11.7 Å². The summed E-state index contributed by atoms with van der Waals surface area (Å²) >= 11 is 0. The molecule has 2 aromatic carbocycles. The normalized spacial score (nSPS) is 10.7. The molecule has 3 aromatic rings. The van der Waals surface area contributed by atoms with Gasteiger partial charge in [0.25, 0.3) is 0 Å². The summed E-state index contributed by atoms with van der Waals surface area (Å²) in [6.07, 6.45) is 0.325. The topological polar surface area (TPSA) is 82.3 Å². The Morgan fingerprint density at radius 2 is 1.75 bits per heavy atom. The zero-order valence-electron chi connectivity index (χ0n) is 16.2. The maximum absolute atomic E-state index is 12.2. The number of Topliss-reactive ketones (excluding diaryl/α,β-unsaturated/α-hetero) is 1. The van der Waals surface area contributed by atoms with Gasteiger partial charge < -0.3 is 9.26 Å². The molecule has 0 aliphatic rings. The summed E-state index contributed by atoms with van der Waals surface area (Å²) in [7, 11) is 0. The number of esters is 1. The highest BCUT2D eigenvalue weighted by molar-refractivity contribution is 5.98. The Morgan fingerprint density at radius 3 is 2.46 bits per heavy atom. The molecule has 0 aliphatic carbocycles. The number of carbonyl (C=O) groups is 2. The lowest BCUT2D eigenvalue weighted by Crippen LogP contribution is -2.14. The molecule has 0 aliphatic heterocycles. The Morgan fingerprint density at radius 1 is 1.00 bits per heavy atom. The number of aromatic nitrogens is 2. The van der Waals surface area contributed by atoms with Crippen molar-refractivity contribution in [2.45, 2.75) is 33.6 Å². The zero-order chi connectivity index (χ0) is 20.1. The van der Waals surface area contributed by atoms with Crippen LogP contribution in [0.5, 0.6) is 0 Å². The van der Waals surface area contributed by atoms with Crippen molar-refractivity contribution in [3.63, 3.8) is 0 Å². The third-order valence-corrected chi connectivity index (χ3v) is 4.51. The summed E-state index contributed by atoms with van der Waals surface area (Å²) in [4.78, 5) is 28.4. The van der Waals surface area contributed by atoms with Crippen molar-refractivity contribution in [2.75, 3.05) is 6.61 Å². The average molecular weight is 378 g/mol. The Balaban J connectivity index is 1.48. The fourth-order valence-corrected chi connectivity index (χ4v) is 2.60. The molecule has 1 aromatic heterocycles. The molecule has 0 spiro atoms. The second-order valence-corrected chi connectivity index (χ2v) is 6.76. The van der Waals surface area contributed by atoms with E-state index >= 15 is 0 Å². The second-order valence-electron chi connectivity index (χ2n) is 6.76. The quantitative estimate of drug-likeness (QED) is 0.456. The average Bonchev–Trinajstić information content (AvgIpc) is 3.16. The number of rotatable bonds is 7. The van der Waals surface area contributed by atoms with Gasteiger partial charge in [0.1, 0.15) is 0 Å². The van der Waals surface area contributed by atoms with E-state index in [4.69, 9.17) is 9.26 Å². The van der Waals surface area contributed by atoms with Crippen molar-refractivity contribution >= 4 is 11.8 Å². The van der Waals surface area contributed by atoms with Crippen LogP contribution in [0.2, 0.25) is 0 Å². The van der Waals surface area contributed by atoms with Crippen LogP contribution in [-0.4, -0.2) is 28.5 Å². The van der Waals surface area contributed by atoms with E-state index in [1.807, 2.05) is 51.1 Å². The zero-order valence-corrected chi connectivity index (χ0v) is 16.2. The molecular formula is C22H22N2O4. The number of carbonyl (C=O) groups excluding carboxylic acids is 2. The van der Waals surface area contributed by atoms with E-state index in [9.17, 15) is 9.59 Å². The molecule has 0 bridgehead atoms. The van der Waals surface area contributed by atoms with E-state index in [0.29, 0.717) is 17.3 Å². The first kappa shape index (κ1) is 19.5. The summed E-state index contributed by atoms with van der Waals surface area (Å²) in [6.45, 7) is 5.64. The van der Waals surface area contributed by atoms with Gasteiger partial charge in [-0.25, -0.2) is 0 Å². The lowest BCUT2D eigenvalue weighted by atomic mass is 10.0. The van der Waals surface area contributed by atoms with Crippen LogP contribution in [0, 0.1) is 20.8 Å². The van der Waals surface area contributed by atoms with Crippen LogP contribution in [0.15, 0.2) is 47.0 Å². The summed E-state index contributed by atoms with van der Waals surface area (Å²) in [5.41, 5.74) is 4.67. The molecule has 0 saturated heterocycles. The fraction of sp³-hybridized carbons (Fsp3) is 0.273. The maximum atomic E-state index is 12.2. The number of benzene rings is 2. The molecular weight excluding hydrogens is 356 g/mol. The smallest absolute Gasteiger partial charge is 0.306 e. The first-order chi connectivity index (χ1) is 13.4. The van der Waals surface area contributed by atoms with Gasteiger partial charge in [-0.1, -0.05) is 47.1 Å². The van der Waals surface area contributed by atoms with Crippen LogP contribution in [0.25, 0.3) is 11.4 Å². The van der Waals surface area contributed by atoms with E-state index in [1.54, 1.807) is 12.1 Å². The van der Waals surface area contributed by atoms with Gasteiger partial charge in [-0.2, -0.15) is 4.98 Å². The third kappa shape index (κ3) is 4.91. The predicted molar refractivity (Wildman–Crippen MR) is 104 cm³/mol. The molecule has 0 radical (unpaired) electrons. The highest BCUT2D eigenvalue weighted by atomic mass is 16.5. The van der Waals surface area contributed by atoms with Crippen molar-refractivity contribution < 1.29 is 18.8 Å². The minimum atomic E-state index is -0.479. The molecule has 6 nitrogen and oxygen atoms in total. The summed E-state index contributed by atoms with van der Waals surface area (Å²) in [6, 6.07) is 13.2. The molecule has 0 saturated carbocycles. The van der Waals surface area contributed by atoms with Gasteiger partial charge in [-0.05, 0) is 38.0 Å². The minimum Gasteiger partial charge on any atom is -0.457 e. The van der Waals surface area contributed by atoms with Gasteiger partial charge in [0.15, 0.2) is 12.4 Å². The first-order valence-corrected chi connectivity index (χ1v) is 9.08. The Labute approximate surface area is 163 Å². The Bertz CT molecular complexity index is 990. The van der Waals surface area contributed by atoms with Crippen molar-refractivity contribution in [3.8, 4) is 11.4 Å². The van der Waals surface area contributed by atoms with E-state index in [0.717, 1.165) is 22.3 Å². The van der Waals surface area contributed by atoms with Gasteiger partial charge in [-0.3, -0.25) is 9.59 Å². The second kappa shape index (κ2) is 8.61. The van der Waals surface area contributed by atoms with Crippen molar-refractivity contribution in [1.82, 2.24) is 10.1 Å². The van der Waals surface area contributed by atoms with Crippen LogP contribution >= 0.6 is 0 Å². The van der Waals surface area contributed by atoms with Crippen LogP contribution in [0.4, 0.5) is 0 Å². The van der Waals surface area contributed by atoms with Crippen molar-refractivity contribution in [1.29, 1.82) is 0 Å². The van der Waals surface area contributed by atoms with Gasteiger partial charge >= 0.3 is 5.97 Å². The van der Waals surface area contributed by atoms with Gasteiger partial charge in [-0.15, -0.1) is 0 Å². The summed E-state index contributed by atoms with van der Waals surface area (Å²) < 4.78 is 10.3. The Kier molecular flexibility index (Phi) is 5.99. The fourth-order valence-electron chi connectivity index (χ4n) is 2.60. The molecule has 1 heterocycles. The number of nitrogens with zero attached hydrogens (tertiary/aromatic N) is 2. The van der Waals surface area contributed by atoms with Crippen molar-refractivity contribution in [3.05, 3.63) is 70.6 Å². The lowest BCUT2D eigenvalue weighted by molar-refractivity contribution is -0.142. The lowest BCUT2D eigenvalue weighted by Gasteiger charge is -2.06. The largest absolute Gasteiger partial charge is 0.457 e. The highest BCUT2D eigenvalue weighted by Crippen LogP contribution is 2.17. The Hall–Kier alpha value is -3.28. The van der Waals surface area contributed by atoms with E-state index in [1.165, 1.54) is 0 Å². The number of ketones is 1. The molecule has 0 atom stereocenters. The third-order valence-electron chi connectivity index (χ3n) is 4.51. The molecule has 0 N–H and O–H groups in total. The first-order valence-electron chi connectivity index (χ1n) is 9.08. The summed E-state index contributed by atoms with van der Waals surface area (Å²) in [5.74, 6) is 0.129. The molecule has 28 heavy (non-hydrogen) atoms. The monoisotopic (exact) mass is 378 g/mol. The van der Waals surface area contributed by atoms with E-state index in [-0.39, 0.29) is 25.2 Å². The molecule has 6 heteroatoms. The number of hydrogen-bond donors (Lipinski definition) is 0. The molecule has 0 unspecified atom stereocenters. The van der Waals surface area contributed by atoms with Gasteiger partial charge in [0, 0.05) is 17.5 Å². The minimum absolute atomic E-state index is 0.0652. The van der Waals surface area contributed by atoms with Gasteiger partial charge in [0.05, 0.1) is 6.42 Å². The van der Waals surface area contributed by atoms with Crippen LogP contribution in [0.1, 0.15) is 39.4 Å². The van der Waals surface area contributed by atoms with E-state index < -0.39 is 5.97 Å². The highest BCUT2D eigenvalue weighted by Gasteiger charge is 2.14. The SMILES string of the molecule is Cc1ccc(-c2noc(CCC(=O)OCC(=O)c3ccc(C)c(C)c3)n2)cc1. The molecule has 0 amide bonds. The standard InChI is InChI=1S/C22H22N2O4/c1-14-4-7-17(8-5-14)22-23-20(28-24-22)10-11-21(26)27-13-19(25)18-9-6-15(2)16(3)12-18/h4-9,12H,10-11,13H2,1-3H3. The number of aryl methyl sites for hydroxylation is 4. The van der Waals surface area contributed by atoms with Crippen LogP contribution in [-0.2, 0) is 16.0 Å². The maximum Gasteiger partial charge on any atom is 0.306 e. The van der Waals surface area contributed by atoms with E-state index in [2.05, 4.69) is 10.1 Å². The molecule has 144 valence electrons. The van der Waals surface area contributed by atoms with Crippen LogP contribution < -0.4 is 0 Å². The molecule has 3 rings (SSSR count). The van der Waals surface area contributed by atoms with Crippen LogP contribution in [0.3, 0.4) is 0 Å². The predicted octanol–water partition coefficient (Wildman–Crippen LogP) is 4.02.